The summed E-state index contributed by atoms with van der Waals surface area (Å²) in [5, 5.41) is 3.71. The monoisotopic (exact) mass is 215 g/mol. The van der Waals surface area contributed by atoms with Gasteiger partial charge in [-0.1, -0.05) is 45.0 Å². The first-order valence-electron chi connectivity index (χ1n) is 6.37. The Morgan fingerprint density at radius 2 is 1.94 bits per heavy atom. The summed E-state index contributed by atoms with van der Waals surface area (Å²) in [5.41, 5.74) is 3.86. The molecule has 0 aromatic heterocycles. The van der Waals surface area contributed by atoms with Crippen LogP contribution in [0, 0.1) is 5.41 Å². The standard InChI is InChI=1S/C15H21N/c1-14(2)13-10-11-6-4-5-7-12(11)15(14,3)8-9-16-13/h4-7,13,16H,8-10H2,1-3H3/t13-,15+/m0/s1. The second-order valence-corrected chi connectivity index (χ2v) is 6.17. The molecule has 2 atom stereocenters. The Hall–Kier alpha value is -0.820. The van der Waals surface area contributed by atoms with Crippen LogP contribution in [0.5, 0.6) is 0 Å². The minimum absolute atomic E-state index is 0.345. The Balaban J connectivity index is 2.22. The van der Waals surface area contributed by atoms with Crippen LogP contribution in [0.15, 0.2) is 24.3 Å². The van der Waals surface area contributed by atoms with Crippen molar-refractivity contribution >= 4 is 0 Å². The lowest BCUT2D eigenvalue weighted by atomic mass is 9.51. The predicted molar refractivity (Wildman–Crippen MR) is 67.7 cm³/mol. The highest BCUT2D eigenvalue weighted by atomic mass is 15.0. The van der Waals surface area contributed by atoms with E-state index < -0.39 is 0 Å². The van der Waals surface area contributed by atoms with Crippen LogP contribution in [0.25, 0.3) is 0 Å². The Morgan fingerprint density at radius 3 is 2.75 bits per heavy atom. The molecule has 1 nitrogen and oxygen atoms in total. The number of fused-ring (bicyclic) bond motifs is 4. The van der Waals surface area contributed by atoms with Crippen molar-refractivity contribution in [3.05, 3.63) is 35.4 Å². The van der Waals surface area contributed by atoms with Crippen LogP contribution in [-0.2, 0) is 11.8 Å². The zero-order chi connectivity index (χ0) is 11.4. The molecule has 0 saturated carbocycles. The summed E-state index contributed by atoms with van der Waals surface area (Å²) in [5.74, 6) is 0. The molecule has 1 heterocycles. The number of benzene rings is 1. The van der Waals surface area contributed by atoms with E-state index >= 15 is 0 Å². The molecule has 1 heteroatoms. The highest BCUT2D eigenvalue weighted by Gasteiger charge is 2.52. The maximum absolute atomic E-state index is 3.71. The second-order valence-electron chi connectivity index (χ2n) is 6.17. The van der Waals surface area contributed by atoms with Gasteiger partial charge in [-0.05, 0) is 35.9 Å². The number of piperidine rings is 1. The van der Waals surface area contributed by atoms with E-state index in [4.69, 9.17) is 0 Å². The van der Waals surface area contributed by atoms with E-state index in [1.807, 2.05) is 0 Å². The van der Waals surface area contributed by atoms with Gasteiger partial charge in [-0.2, -0.15) is 0 Å². The molecule has 2 bridgehead atoms. The maximum Gasteiger partial charge on any atom is 0.0167 e. The fourth-order valence-electron chi connectivity index (χ4n) is 3.72. The zero-order valence-electron chi connectivity index (χ0n) is 10.5. The number of hydrogen-bond acceptors (Lipinski definition) is 1. The van der Waals surface area contributed by atoms with Crippen molar-refractivity contribution in [2.45, 2.75) is 45.1 Å². The summed E-state index contributed by atoms with van der Waals surface area (Å²) in [6.45, 7) is 8.48. The topological polar surface area (TPSA) is 12.0 Å². The van der Waals surface area contributed by atoms with E-state index in [-0.39, 0.29) is 0 Å². The third-order valence-electron chi connectivity index (χ3n) is 5.34. The molecule has 1 aliphatic carbocycles. The van der Waals surface area contributed by atoms with Crippen molar-refractivity contribution in [2.24, 2.45) is 5.41 Å². The molecule has 1 aromatic rings. The summed E-state index contributed by atoms with van der Waals surface area (Å²) in [6.07, 6.45) is 2.45. The van der Waals surface area contributed by atoms with Gasteiger partial charge in [0.05, 0.1) is 0 Å². The molecule has 3 rings (SSSR count). The molecule has 0 amide bonds. The van der Waals surface area contributed by atoms with E-state index in [1.54, 1.807) is 11.1 Å². The normalized spacial score (nSPS) is 35.6. The quantitative estimate of drug-likeness (QED) is 0.701. The van der Waals surface area contributed by atoms with E-state index in [2.05, 4.69) is 50.4 Å². The lowest BCUT2D eigenvalue weighted by molar-refractivity contribution is 0.0559. The van der Waals surface area contributed by atoms with Gasteiger partial charge in [0, 0.05) is 11.5 Å². The van der Waals surface area contributed by atoms with Crippen molar-refractivity contribution in [1.29, 1.82) is 0 Å². The summed E-state index contributed by atoms with van der Waals surface area (Å²) in [7, 11) is 0. The Morgan fingerprint density at radius 1 is 1.19 bits per heavy atom. The van der Waals surface area contributed by atoms with Crippen molar-refractivity contribution in [3.8, 4) is 0 Å². The molecule has 0 radical (unpaired) electrons. The molecule has 2 aliphatic rings. The van der Waals surface area contributed by atoms with E-state index in [1.165, 1.54) is 19.4 Å². The van der Waals surface area contributed by atoms with E-state index in [0.717, 1.165) is 0 Å². The van der Waals surface area contributed by atoms with Crippen molar-refractivity contribution in [1.82, 2.24) is 5.32 Å². The summed E-state index contributed by atoms with van der Waals surface area (Å²) in [6, 6.07) is 9.67. The van der Waals surface area contributed by atoms with Gasteiger partial charge in [-0.15, -0.1) is 0 Å². The average Bonchev–Trinajstić information content (AvgIpc) is 2.23. The predicted octanol–water partition coefficient (Wildman–Crippen LogP) is 2.89. The molecule has 16 heavy (non-hydrogen) atoms. The Labute approximate surface area is 98.3 Å². The van der Waals surface area contributed by atoms with Crippen molar-refractivity contribution < 1.29 is 0 Å². The summed E-state index contributed by atoms with van der Waals surface area (Å²) in [4.78, 5) is 0. The highest BCUT2D eigenvalue weighted by molar-refractivity contribution is 5.41. The van der Waals surface area contributed by atoms with Crippen LogP contribution in [0.2, 0.25) is 0 Å². The van der Waals surface area contributed by atoms with Gasteiger partial charge in [-0.3, -0.25) is 0 Å². The number of hydrogen-bond donors (Lipinski definition) is 1. The van der Waals surface area contributed by atoms with Gasteiger partial charge < -0.3 is 5.32 Å². The fourth-order valence-corrected chi connectivity index (χ4v) is 3.72. The van der Waals surface area contributed by atoms with Crippen LogP contribution < -0.4 is 5.32 Å². The van der Waals surface area contributed by atoms with Gasteiger partial charge in [-0.25, -0.2) is 0 Å². The first-order chi connectivity index (χ1) is 7.56. The number of rotatable bonds is 0. The third kappa shape index (κ3) is 1.10. The summed E-state index contributed by atoms with van der Waals surface area (Å²) < 4.78 is 0. The molecule has 0 spiro atoms. The van der Waals surface area contributed by atoms with Crippen LogP contribution in [-0.4, -0.2) is 12.6 Å². The molecule has 0 unspecified atom stereocenters. The molecular weight excluding hydrogens is 194 g/mol. The first kappa shape index (κ1) is 10.3. The minimum atomic E-state index is 0.345. The number of nitrogens with one attached hydrogen (secondary N) is 1. The van der Waals surface area contributed by atoms with Gasteiger partial charge >= 0.3 is 0 Å². The zero-order valence-corrected chi connectivity index (χ0v) is 10.5. The molecule has 1 saturated heterocycles. The highest BCUT2D eigenvalue weighted by Crippen LogP contribution is 2.53. The molecule has 1 fully saturated rings. The van der Waals surface area contributed by atoms with Gasteiger partial charge in [0.25, 0.3) is 0 Å². The van der Waals surface area contributed by atoms with Gasteiger partial charge in [0.15, 0.2) is 0 Å². The Kier molecular flexibility index (Phi) is 2.00. The average molecular weight is 215 g/mol. The molecule has 1 aromatic carbocycles. The molecule has 1 aliphatic heterocycles. The largest absolute Gasteiger partial charge is 0.313 e. The van der Waals surface area contributed by atoms with E-state index in [0.29, 0.717) is 16.9 Å². The molecule has 86 valence electrons. The minimum Gasteiger partial charge on any atom is -0.313 e. The van der Waals surface area contributed by atoms with Crippen LogP contribution in [0.4, 0.5) is 0 Å². The fraction of sp³-hybridized carbons (Fsp3) is 0.600. The summed E-state index contributed by atoms with van der Waals surface area (Å²) >= 11 is 0. The second kappa shape index (κ2) is 3.10. The molecule has 1 N–H and O–H groups in total. The SMILES string of the molecule is CC1(C)[C@@H]2Cc3ccccc3[C@@]1(C)CCN2. The molecular formula is C15H21N. The van der Waals surface area contributed by atoms with Gasteiger partial charge in [0.2, 0.25) is 0 Å². The van der Waals surface area contributed by atoms with Crippen LogP contribution in [0.1, 0.15) is 38.3 Å². The van der Waals surface area contributed by atoms with Gasteiger partial charge in [0.1, 0.15) is 0 Å². The third-order valence-corrected chi connectivity index (χ3v) is 5.34. The van der Waals surface area contributed by atoms with Crippen molar-refractivity contribution in [2.75, 3.05) is 6.54 Å². The van der Waals surface area contributed by atoms with Crippen molar-refractivity contribution in [3.63, 3.8) is 0 Å². The lowest BCUT2D eigenvalue weighted by Crippen LogP contribution is -2.62. The van der Waals surface area contributed by atoms with E-state index in [9.17, 15) is 0 Å². The Bertz CT molecular complexity index is 421. The lowest BCUT2D eigenvalue weighted by Gasteiger charge is -2.57. The maximum atomic E-state index is 3.71. The van der Waals surface area contributed by atoms with Crippen LogP contribution in [0.3, 0.4) is 0 Å². The smallest absolute Gasteiger partial charge is 0.0167 e. The van der Waals surface area contributed by atoms with Crippen LogP contribution >= 0.6 is 0 Å². The first-order valence-corrected chi connectivity index (χ1v) is 6.37.